The Kier molecular flexibility index (Phi) is 5.04. The lowest BCUT2D eigenvalue weighted by molar-refractivity contribution is 0.0224. The molecule has 0 amide bonds. The average molecular weight is 195 g/mol. The zero-order valence-electron chi connectivity index (χ0n) is 8.75. The molecule has 0 radical (unpaired) electrons. The van der Waals surface area contributed by atoms with Crippen molar-refractivity contribution < 1.29 is 9.47 Å². The smallest absolute Gasteiger partial charge is 0.189 e. The van der Waals surface area contributed by atoms with Gasteiger partial charge in [-0.2, -0.15) is 0 Å². The molecular formula is C11H17NO2. The van der Waals surface area contributed by atoms with Gasteiger partial charge in [0.2, 0.25) is 0 Å². The number of rotatable bonds is 6. The van der Waals surface area contributed by atoms with E-state index in [-0.39, 0.29) is 0 Å². The molecule has 1 aromatic carbocycles. The molecule has 1 rings (SSSR count). The molecule has 78 valence electrons. The van der Waals surface area contributed by atoms with Crippen molar-refractivity contribution in [3.63, 3.8) is 0 Å². The van der Waals surface area contributed by atoms with Gasteiger partial charge < -0.3 is 14.8 Å². The molecule has 0 spiro atoms. The summed E-state index contributed by atoms with van der Waals surface area (Å²) in [7, 11) is 1.93. The monoisotopic (exact) mass is 195 g/mol. The highest BCUT2D eigenvalue weighted by molar-refractivity contribution is 5.27. The number of ether oxygens (including phenoxy) is 2. The molecule has 0 aliphatic rings. The average Bonchev–Trinajstić information content (AvgIpc) is 2.21. The van der Waals surface area contributed by atoms with Gasteiger partial charge in [0.25, 0.3) is 0 Å². The van der Waals surface area contributed by atoms with E-state index in [1.54, 1.807) is 0 Å². The van der Waals surface area contributed by atoms with E-state index in [9.17, 15) is 0 Å². The second kappa shape index (κ2) is 6.40. The second-order valence-corrected chi connectivity index (χ2v) is 2.93. The van der Waals surface area contributed by atoms with Crippen molar-refractivity contribution in [2.24, 2.45) is 0 Å². The van der Waals surface area contributed by atoms with Crippen LogP contribution in [-0.2, 0) is 11.3 Å². The van der Waals surface area contributed by atoms with Gasteiger partial charge in [-0.15, -0.1) is 0 Å². The number of hydrogen-bond donors (Lipinski definition) is 1. The van der Waals surface area contributed by atoms with Crippen LogP contribution in [0.1, 0.15) is 12.5 Å². The van der Waals surface area contributed by atoms with E-state index < -0.39 is 0 Å². The number of benzene rings is 1. The van der Waals surface area contributed by atoms with E-state index in [2.05, 4.69) is 5.32 Å². The van der Waals surface area contributed by atoms with Gasteiger partial charge in [-0.05, 0) is 31.7 Å². The molecule has 0 aliphatic carbocycles. The summed E-state index contributed by atoms with van der Waals surface area (Å²) in [4.78, 5) is 0. The summed E-state index contributed by atoms with van der Waals surface area (Å²) in [6.07, 6.45) is 0. The summed E-state index contributed by atoms with van der Waals surface area (Å²) >= 11 is 0. The molecular weight excluding hydrogens is 178 g/mol. The van der Waals surface area contributed by atoms with Crippen molar-refractivity contribution in [1.82, 2.24) is 5.32 Å². The van der Waals surface area contributed by atoms with Gasteiger partial charge in [-0.3, -0.25) is 0 Å². The van der Waals surface area contributed by atoms with E-state index in [0.29, 0.717) is 13.4 Å². The summed E-state index contributed by atoms with van der Waals surface area (Å²) in [5.41, 5.74) is 1.25. The standard InChI is InChI=1S/C11H17NO2/c1-3-13-9-14-11-6-4-10(5-7-11)8-12-2/h4-7,12H,3,8-9H2,1-2H3. The van der Waals surface area contributed by atoms with E-state index >= 15 is 0 Å². The van der Waals surface area contributed by atoms with Crippen LogP contribution in [-0.4, -0.2) is 20.4 Å². The SMILES string of the molecule is CCOCOc1ccc(CNC)cc1. The molecule has 14 heavy (non-hydrogen) atoms. The zero-order valence-corrected chi connectivity index (χ0v) is 8.75. The number of hydrogen-bond acceptors (Lipinski definition) is 3. The summed E-state index contributed by atoms with van der Waals surface area (Å²) in [6.45, 7) is 3.82. The fourth-order valence-electron chi connectivity index (χ4n) is 1.10. The first-order valence-electron chi connectivity index (χ1n) is 4.81. The molecule has 0 unspecified atom stereocenters. The molecule has 3 nitrogen and oxygen atoms in total. The Balaban J connectivity index is 2.38. The Morgan fingerprint density at radius 3 is 2.50 bits per heavy atom. The second-order valence-electron chi connectivity index (χ2n) is 2.93. The van der Waals surface area contributed by atoms with Crippen LogP contribution in [0.5, 0.6) is 5.75 Å². The van der Waals surface area contributed by atoms with E-state index in [1.165, 1.54) is 5.56 Å². The first kappa shape index (κ1) is 11.0. The highest BCUT2D eigenvalue weighted by atomic mass is 16.7. The third-order valence-corrected chi connectivity index (χ3v) is 1.82. The molecule has 0 fully saturated rings. The molecule has 1 aromatic rings. The topological polar surface area (TPSA) is 30.5 Å². The van der Waals surface area contributed by atoms with Gasteiger partial charge in [-0.25, -0.2) is 0 Å². The molecule has 0 heterocycles. The van der Waals surface area contributed by atoms with Crippen molar-refractivity contribution in [2.75, 3.05) is 20.4 Å². The number of nitrogens with one attached hydrogen (secondary N) is 1. The highest BCUT2D eigenvalue weighted by Gasteiger charge is 1.93. The first-order valence-corrected chi connectivity index (χ1v) is 4.81. The zero-order chi connectivity index (χ0) is 10.2. The van der Waals surface area contributed by atoms with Crippen LogP contribution in [0.4, 0.5) is 0 Å². The fourth-order valence-corrected chi connectivity index (χ4v) is 1.10. The van der Waals surface area contributed by atoms with Crippen LogP contribution in [0.15, 0.2) is 24.3 Å². The maximum atomic E-state index is 5.34. The van der Waals surface area contributed by atoms with Crippen LogP contribution in [0.2, 0.25) is 0 Å². The molecule has 0 aliphatic heterocycles. The van der Waals surface area contributed by atoms with Crippen LogP contribution in [0.25, 0.3) is 0 Å². The Bertz CT molecular complexity index is 246. The lowest BCUT2D eigenvalue weighted by Gasteiger charge is -2.06. The maximum Gasteiger partial charge on any atom is 0.189 e. The summed E-state index contributed by atoms with van der Waals surface area (Å²) in [5, 5.41) is 3.09. The highest BCUT2D eigenvalue weighted by Crippen LogP contribution is 2.11. The van der Waals surface area contributed by atoms with Gasteiger partial charge in [0.1, 0.15) is 5.75 Å². The van der Waals surface area contributed by atoms with E-state index in [0.717, 1.165) is 12.3 Å². The molecule has 0 saturated carbocycles. The Morgan fingerprint density at radius 1 is 1.21 bits per heavy atom. The van der Waals surface area contributed by atoms with E-state index in [4.69, 9.17) is 9.47 Å². The van der Waals surface area contributed by atoms with Crippen molar-refractivity contribution in [3.8, 4) is 5.75 Å². The third-order valence-electron chi connectivity index (χ3n) is 1.82. The summed E-state index contributed by atoms with van der Waals surface area (Å²) < 4.78 is 10.4. The minimum Gasteiger partial charge on any atom is -0.468 e. The molecule has 0 aromatic heterocycles. The van der Waals surface area contributed by atoms with Crippen LogP contribution < -0.4 is 10.1 Å². The summed E-state index contributed by atoms with van der Waals surface area (Å²) in [6, 6.07) is 7.98. The molecule has 0 atom stereocenters. The van der Waals surface area contributed by atoms with Gasteiger partial charge >= 0.3 is 0 Å². The lowest BCUT2D eigenvalue weighted by atomic mass is 10.2. The van der Waals surface area contributed by atoms with Crippen LogP contribution in [0.3, 0.4) is 0 Å². The summed E-state index contributed by atoms with van der Waals surface area (Å²) in [5.74, 6) is 0.846. The molecule has 0 bridgehead atoms. The predicted octanol–water partition coefficient (Wildman–Crippen LogP) is 1.78. The maximum absolute atomic E-state index is 5.34. The Labute approximate surface area is 85.0 Å². The van der Waals surface area contributed by atoms with E-state index in [1.807, 2.05) is 38.2 Å². The van der Waals surface area contributed by atoms with Crippen molar-refractivity contribution in [3.05, 3.63) is 29.8 Å². The van der Waals surface area contributed by atoms with Gasteiger partial charge in [0, 0.05) is 13.2 Å². The van der Waals surface area contributed by atoms with Crippen molar-refractivity contribution in [2.45, 2.75) is 13.5 Å². The van der Waals surface area contributed by atoms with Gasteiger partial charge in [0.15, 0.2) is 6.79 Å². The fraction of sp³-hybridized carbons (Fsp3) is 0.455. The molecule has 1 N–H and O–H groups in total. The Hall–Kier alpha value is -1.06. The van der Waals surface area contributed by atoms with Crippen molar-refractivity contribution in [1.29, 1.82) is 0 Å². The van der Waals surface area contributed by atoms with Gasteiger partial charge in [-0.1, -0.05) is 12.1 Å². The quantitative estimate of drug-likeness (QED) is 0.554. The third kappa shape index (κ3) is 3.77. The Morgan fingerprint density at radius 2 is 1.93 bits per heavy atom. The van der Waals surface area contributed by atoms with Crippen LogP contribution >= 0.6 is 0 Å². The lowest BCUT2D eigenvalue weighted by Crippen LogP contribution is -2.05. The first-order chi connectivity index (χ1) is 6.86. The van der Waals surface area contributed by atoms with Crippen molar-refractivity contribution >= 4 is 0 Å². The van der Waals surface area contributed by atoms with Gasteiger partial charge in [0.05, 0.1) is 0 Å². The largest absolute Gasteiger partial charge is 0.468 e. The normalized spacial score (nSPS) is 10.1. The predicted molar refractivity (Wildman–Crippen MR) is 56.3 cm³/mol. The minimum atomic E-state index is 0.321. The molecule has 3 heteroatoms. The molecule has 0 saturated heterocycles. The van der Waals surface area contributed by atoms with Crippen LogP contribution in [0, 0.1) is 0 Å². The minimum absolute atomic E-state index is 0.321.